The Bertz CT molecular complexity index is 403. The summed E-state index contributed by atoms with van der Waals surface area (Å²) in [7, 11) is 0. The fourth-order valence-electron chi connectivity index (χ4n) is 1.86. The molecular weight excluding hydrogens is 224 g/mol. The second-order valence-corrected chi connectivity index (χ2v) is 4.50. The fraction of sp³-hybridized carbons (Fsp3) is 0.545. The Kier molecular flexibility index (Phi) is 3.51. The summed E-state index contributed by atoms with van der Waals surface area (Å²) in [5.41, 5.74) is 1.63. The Morgan fingerprint density at radius 3 is 2.81 bits per heavy atom. The van der Waals surface area contributed by atoms with E-state index in [2.05, 4.69) is 34.1 Å². The second-order valence-electron chi connectivity index (χ2n) is 4.14. The van der Waals surface area contributed by atoms with Crippen LogP contribution in [0.5, 0.6) is 0 Å². The topological polar surface area (TPSA) is 50.2 Å². The maximum Gasteiger partial charge on any atom is 0.156 e. The molecule has 0 radical (unpaired) electrons. The molecule has 1 aliphatic rings. The molecule has 1 aromatic rings. The predicted molar refractivity (Wildman–Crippen MR) is 65.1 cm³/mol. The summed E-state index contributed by atoms with van der Waals surface area (Å²) in [6, 6.07) is 0.211. The molecule has 4 nitrogen and oxygen atoms in total. The Hall–Kier alpha value is -1.00. The molecule has 16 heavy (non-hydrogen) atoms. The Labute approximate surface area is 100 Å². The maximum absolute atomic E-state index is 6.05. The molecule has 5 heteroatoms. The molecule has 0 fully saturated rings. The van der Waals surface area contributed by atoms with E-state index in [-0.39, 0.29) is 6.04 Å². The Morgan fingerprint density at radius 2 is 2.12 bits per heavy atom. The van der Waals surface area contributed by atoms with E-state index in [0.717, 1.165) is 18.8 Å². The van der Waals surface area contributed by atoms with Crippen molar-refractivity contribution in [2.45, 2.75) is 19.9 Å². The summed E-state index contributed by atoms with van der Waals surface area (Å²) in [4.78, 5) is 12.8. The number of hydrogen-bond donors (Lipinski definition) is 1. The zero-order valence-corrected chi connectivity index (χ0v) is 10.2. The normalized spacial score (nSPS) is 21.0. The van der Waals surface area contributed by atoms with Crippen LogP contribution in [0.15, 0.2) is 17.4 Å². The van der Waals surface area contributed by atoms with Crippen molar-refractivity contribution in [3.05, 3.63) is 23.2 Å². The van der Waals surface area contributed by atoms with E-state index in [0.29, 0.717) is 16.8 Å². The third-order valence-corrected chi connectivity index (χ3v) is 2.89. The molecule has 0 bridgehead atoms. The van der Waals surface area contributed by atoms with Crippen LogP contribution < -0.4 is 5.32 Å². The minimum atomic E-state index is 0.211. The highest BCUT2D eigenvalue weighted by atomic mass is 35.5. The monoisotopic (exact) mass is 238 g/mol. The van der Waals surface area contributed by atoms with Crippen molar-refractivity contribution in [1.29, 1.82) is 0 Å². The van der Waals surface area contributed by atoms with Gasteiger partial charge in [-0.25, -0.2) is 4.98 Å². The van der Waals surface area contributed by atoms with Gasteiger partial charge in [0.1, 0.15) is 5.69 Å². The molecular formula is C11H15ClN4. The van der Waals surface area contributed by atoms with E-state index in [1.807, 2.05) is 0 Å². The maximum atomic E-state index is 6.05. The lowest BCUT2D eigenvalue weighted by molar-refractivity contribution is 0.476. The summed E-state index contributed by atoms with van der Waals surface area (Å²) in [6.45, 7) is 5.99. The van der Waals surface area contributed by atoms with Gasteiger partial charge in [-0.2, -0.15) is 0 Å². The van der Waals surface area contributed by atoms with Gasteiger partial charge in [-0.3, -0.25) is 9.98 Å². The first-order valence-electron chi connectivity index (χ1n) is 5.44. The molecule has 1 aliphatic heterocycles. The third kappa shape index (κ3) is 2.23. The molecule has 0 saturated carbocycles. The van der Waals surface area contributed by atoms with Crippen LogP contribution >= 0.6 is 11.6 Å². The highest BCUT2D eigenvalue weighted by Gasteiger charge is 2.25. The van der Waals surface area contributed by atoms with Crippen LogP contribution in [-0.4, -0.2) is 34.8 Å². The first-order chi connectivity index (χ1) is 7.70. The van der Waals surface area contributed by atoms with E-state index in [9.17, 15) is 0 Å². The molecule has 0 aromatic carbocycles. The van der Waals surface area contributed by atoms with Crippen LogP contribution in [0.2, 0.25) is 5.15 Å². The van der Waals surface area contributed by atoms with Crippen molar-refractivity contribution < 1.29 is 0 Å². The van der Waals surface area contributed by atoms with Crippen molar-refractivity contribution in [1.82, 2.24) is 15.3 Å². The zero-order chi connectivity index (χ0) is 11.5. The second kappa shape index (κ2) is 4.89. The zero-order valence-electron chi connectivity index (χ0n) is 9.44. The van der Waals surface area contributed by atoms with Gasteiger partial charge in [0.25, 0.3) is 0 Å². The Morgan fingerprint density at radius 1 is 1.38 bits per heavy atom. The smallest absolute Gasteiger partial charge is 0.156 e. The summed E-state index contributed by atoms with van der Waals surface area (Å²) in [5.74, 6) is 0.456. The average Bonchev–Trinajstić information content (AvgIpc) is 2.29. The SMILES string of the molecule is CC(C)C1NCCN=C1c1nccnc1Cl. The number of hydrogen-bond acceptors (Lipinski definition) is 4. The molecule has 2 rings (SSSR count). The first kappa shape index (κ1) is 11.5. The lowest BCUT2D eigenvalue weighted by Crippen LogP contribution is -2.46. The molecule has 0 spiro atoms. The van der Waals surface area contributed by atoms with Gasteiger partial charge in [0.2, 0.25) is 0 Å². The molecule has 1 N–H and O–H groups in total. The number of nitrogens with one attached hydrogen (secondary N) is 1. The minimum Gasteiger partial charge on any atom is -0.307 e. The van der Waals surface area contributed by atoms with E-state index in [1.54, 1.807) is 12.4 Å². The molecule has 1 aromatic heterocycles. The molecule has 86 valence electrons. The highest BCUT2D eigenvalue weighted by molar-refractivity contribution is 6.33. The first-order valence-corrected chi connectivity index (χ1v) is 5.82. The quantitative estimate of drug-likeness (QED) is 0.851. The summed E-state index contributed by atoms with van der Waals surface area (Å²) in [6.07, 6.45) is 3.24. The number of nitrogens with zero attached hydrogens (tertiary/aromatic N) is 3. The van der Waals surface area contributed by atoms with Gasteiger partial charge in [0.05, 0.1) is 18.3 Å². The molecule has 0 amide bonds. The van der Waals surface area contributed by atoms with Crippen molar-refractivity contribution in [2.24, 2.45) is 10.9 Å². The highest BCUT2D eigenvalue weighted by Crippen LogP contribution is 2.17. The summed E-state index contributed by atoms with van der Waals surface area (Å²) < 4.78 is 0. The molecule has 0 aliphatic carbocycles. The number of aromatic nitrogens is 2. The van der Waals surface area contributed by atoms with Gasteiger partial charge in [0, 0.05) is 18.9 Å². The van der Waals surface area contributed by atoms with Crippen LogP contribution in [-0.2, 0) is 0 Å². The van der Waals surface area contributed by atoms with E-state index in [4.69, 9.17) is 11.6 Å². The lowest BCUT2D eigenvalue weighted by Gasteiger charge is -2.27. The van der Waals surface area contributed by atoms with Crippen molar-refractivity contribution in [3.63, 3.8) is 0 Å². The summed E-state index contributed by atoms with van der Waals surface area (Å²) in [5, 5.41) is 3.86. The van der Waals surface area contributed by atoms with Gasteiger partial charge in [0.15, 0.2) is 5.15 Å². The van der Waals surface area contributed by atoms with Crippen molar-refractivity contribution in [3.8, 4) is 0 Å². The molecule has 1 atom stereocenters. The van der Waals surface area contributed by atoms with Gasteiger partial charge >= 0.3 is 0 Å². The van der Waals surface area contributed by atoms with E-state index >= 15 is 0 Å². The van der Waals surface area contributed by atoms with Gasteiger partial charge < -0.3 is 5.32 Å². The number of rotatable bonds is 2. The largest absolute Gasteiger partial charge is 0.307 e. The number of aliphatic imine (C=N–C) groups is 1. The van der Waals surface area contributed by atoms with Crippen molar-refractivity contribution in [2.75, 3.05) is 13.1 Å². The standard InChI is InChI=1S/C11H15ClN4/c1-7(2)8-9(14-4-3-13-8)10-11(12)16-6-5-15-10/h5-8,13H,3-4H2,1-2H3. The number of halogens is 1. The van der Waals surface area contributed by atoms with Crippen molar-refractivity contribution >= 4 is 17.3 Å². The third-order valence-electron chi connectivity index (χ3n) is 2.62. The fourth-order valence-corrected chi connectivity index (χ4v) is 2.06. The van der Waals surface area contributed by atoms with Gasteiger partial charge in [-0.15, -0.1) is 0 Å². The van der Waals surface area contributed by atoms with Crippen LogP contribution in [0, 0.1) is 5.92 Å². The van der Waals surface area contributed by atoms with Gasteiger partial charge in [-0.1, -0.05) is 25.4 Å². The summed E-state index contributed by atoms with van der Waals surface area (Å²) >= 11 is 6.05. The van der Waals surface area contributed by atoms with E-state index in [1.165, 1.54) is 0 Å². The van der Waals surface area contributed by atoms with Crippen LogP contribution in [0.4, 0.5) is 0 Å². The minimum absolute atomic E-state index is 0.211. The van der Waals surface area contributed by atoms with Gasteiger partial charge in [-0.05, 0) is 5.92 Å². The van der Waals surface area contributed by atoms with Crippen LogP contribution in [0.3, 0.4) is 0 Å². The van der Waals surface area contributed by atoms with Crippen LogP contribution in [0.1, 0.15) is 19.5 Å². The van der Waals surface area contributed by atoms with Crippen LogP contribution in [0.25, 0.3) is 0 Å². The Balaban J connectivity index is 2.38. The predicted octanol–water partition coefficient (Wildman–Crippen LogP) is 1.55. The van der Waals surface area contributed by atoms with E-state index < -0.39 is 0 Å². The average molecular weight is 239 g/mol. The molecule has 2 heterocycles. The lowest BCUT2D eigenvalue weighted by atomic mass is 9.96. The molecule has 0 saturated heterocycles. The molecule has 1 unspecified atom stereocenters.